The Morgan fingerprint density at radius 2 is 1.79 bits per heavy atom. The molecule has 0 radical (unpaired) electrons. The van der Waals surface area contributed by atoms with Crippen LogP contribution in [0.1, 0.15) is 5.56 Å². The molecule has 102 valence electrons. The zero-order chi connectivity index (χ0) is 14.3. The average molecular weight is 302 g/mol. The third kappa shape index (κ3) is 4.58. The summed E-state index contributed by atoms with van der Waals surface area (Å²) in [6.45, 7) is 3.56. The molecule has 1 aromatic rings. The van der Waals surface area contributed by atoms with Crippen molar-refractivity contribution in [2.45, 2.75) is 0 Å². The summed E-state index contributed by atoms with van der Waals surface area (Å²) < 4.78 is 4.83. The molecule has 0 bridgehead atoms. The second kappa shape index (κ2) is 7.81. The predicted octanol–water partition coefficient (Wildman–Crippen LogP) is 2.46. The van der Waals surface area contributed by atoms with E-state index in [1.54, 1.807) is 12.1 Å². The molecule has 0 unspecified atom stereocenters. The molecule has 6 heteroatoms. The molecular formula is C13H13Cl2NO3. The van der Waals surface area contributed by atoms with Crippen molar-refractivity contribution in [2.75, 3.05) is 18.5 Å². The summed E-state index contributed by atoms with van der Waals surface area (Å²) in [6, 6.07) is 9.06. The van der Waals surface area contributed by atoms with Crippen molar-refractivity contribution >= 4 is 40.8 Å². The maximum atomic E-state index is 11.7. The highest BCUT2D eigenvalue weighted by atomic mass is 35.5. The molecule has 1 amide bonds. The van der Waals surface area contributed by atoms with E-state index in [0.717, 1.165) is 5.56 Å². The van der Waals surface area contributed by atoms with E-state index in [-0.39, 0.29) is 18.5 Å². The van der Waals surface area contributed by atoms with Crippen molar-refractivity contribution in [3.63, 3.8) is 0 Å². The van der Waals surface area contributed by atoms with Gasteiger partial charge in [0.25, 0.3) is 0 Å². The van der Waals surface area contributed by atoms with Gasteiger partial charge >= 0.3 is 5.97 Å². The summed E-state index contributed by atoms with van der Waals surface area (Å²) in [5.74, 6) is -1.53. The topological polar surface area (TPSA) is 46.6 Å². The lowest BCUT2D eigenvalue weighted by Gasteiger charge is -2.23. The van der Waals surface area contributed by atoms with Crippen molar-refractivity contribution < 1.29 is 14.3 Å². The molecule has 0 spiro atoms. The number of alkyl halides is 2. The van der Waals surface area contributed by atoms with Crippen LogP contribution in [0.25, 0.3) is 5.70 Å². The Kier molecular flexibility index (Phi) is 6.39. The lowest BCUT2D eigenvalue weighted by Crippen LogP contribution is -2.33. The number of nitrogens with zero attached hydrogens (tertiary/aromatic N) is 1. The van der Waals surface area contributed by atoms with Crippen LogP contribution in [-0.2, 0) is 14.3 Å². The van der Waals surface area contributed by atoms with Crippen LogP contribution in [0.5, 0.6) is 0 Å². The third-order valence-electron chi connectivity index (χ3n) is 2.31. The number of esters is 1. The Labute approximate surface area is 121 Å². The Hall–Kier alpha value is -1.52. The second-order valence-electron chi connectivity index (χ2n) is 3.55. The van der Waals surface area contributed by atoms with Crippen LogP contribution >= 0.6 is 23.2 Å². The van der Waals surface area contributed by atoms with Gasteiger partial charge in [-0.1, -0.05) is 36.9 Å². The smallest absolute Gasteiger partial charge is 0.322 e. The van der Waals surface area contributed by atoms with E-state index in [9.17, 15) is 9.59 Å². The van der Waals surface area contributed by atoms with Crippen molar-refractivity contribution in [3.8, 4) is 0 Å². The first kappa shape index (κ1) is 15.5. The largest absolute Gasteiger partial charge is 0.443 e. The number of carbonyl (C=O) groups excluding carboxylic acids is 2. The maximum absolute atomic E-state index is 11.7. The summed E-state index contributed by atoms with van der Waals surface area (Å²) in [5.41, 5.74) is 1.15. The van der Waals surface area contributed by atoms with Crippen molar-refractivity contribution in [1.29, 1.82) is 0 Å². The van der Waals surface area contributed by atoms with Gasteiger partial charge in [-0.25, -0.2) is 0 Å². The Morgan fingerprint density at radius 1 is 1.16 bits per heavy atom. The summed E-state index contributed by atoms with van der Waals surface area (Å²) >= 11 is 10.8. The SMILES string of the molecule is C=C(c1ccccc1)N(COC(=O)CCl)C(=O)CCl. The number of halogens is 2. The van der Waals surface area contributed by atoms with Crippen LogP contribution in [0.15, 0.2) is 36.9 Å². The molecule has 1 rings (SSSR count). The van der Waals surface area contributed by atoms with Crippen LogP contribution in [0.3, 0.4) is 0 Å². The number of rotatable bonds is 6. The molecule has 0 N–H and O–H groups in total. The quantitative estimate of drug-likeness (QED) is 0.461. The lowest BCUT2D eigenvalue weighted by atomic mass is 10.1. The van der Waals surface area contributed by atoms with Gasteiger partial charge in [-0.3, -0.25) is 14.5 Å². The summed E-state index contributed by atoms with van der Waals surface area (Å²) in [5, 5.41) is 0. The van der Waals surface area contributed by atoms with Gasteiger partial charge in [0, 0.05) is 5.70 Å². The molecule has 0 aliphatic heterocycles. The molecule has 0 aromatic heterocycles. The van der Waals surface area contributed by atoms with Crippen molar-refractivity contribution in [1.82, 2.24) is 4.90 Å². The predicted molar refractivity (Wildman–Crippen MR) is 74.7 cm³/mol. The minimum absolute atomic E-state index is 0.232. The Balaban J connectivity index is 2.82. The highest BCUT2D eigenvalue weighted by Gasteiger charge is 2.18. The highest BCUT2D eigenvalue weighted by molar-refractivity contribution is 6.27. The number of hydrogen-bond donors (Lipinski definition) is 0. The number of carbonyl (C=O) groups is 2. The first-order valence-electron chi connectivity index (χ1n) is 5.42. The van der Waals surface area contributed by atoms with Crippen LogP contribution in [0, 0.1) is 0 Å². The molecule has 19 heavy (non-hydrogen) atoms. The molecule has 0 heterocycles. The molecule has 1 aromatic carbocycles. The van der Waals surface area contributed by atoms with Gasteiger partial charge in [0.2, 0.25) is 5.91 Å². The lowest BCUT2D eigenvalue weighted by molar-refractivity contribution is -0.146. The van der Waals surface area contributed by atoms with Gasteiger partial charge in [-0.05, 0) is 5.56 Å². The molecule has 0 aliphatic carbocycles. The minimum Gasteiger partial charge on any atom is -0.443 e. The molecule has 0 saturated heterocycles. The fourth-order valence-electron chi connectivity index (χ4n) is 1.33. The maximum Gasteiger partial charge on any atom is 0.322 e. The fourth-order valence-corrected chi connectivity index (χ4v) is 1.56. The number of hydrogen-bond acceptors (Lipinski definition) is 3. The number of amides is 1. The van der Waals surface area contributed by atoms with E-state index >= 15 is 0 Å². The van der Waals surface area contributed by atoms with E-state index in [0.29, 0.717) is 5.70 Å². The van der Waals surface area contributed by atoms with E-state index in [1.807, 2.05) is 18.2 Å². The van der Waals surface area contributed by atoms with E-state index in [1.165, 1.54) is 4.90 Å². The molecule has 0 fully saturated rings. The molecule has 0 aliphatic rings. The van der Waals surface area contributed by atoms with Crippen LogP contribution < -0.4 is 0 Å². The van der Waals surface area contributed by atoms with Gasteiger partial charge < -0.3 is 4.74 Å². The zero-order valence-corrected chi connectivity index (χ0v) is 11.7. The molecular weight excluding hydrogens is 289 g/mol. The third-order valence-corrected chi connectivity index (χ3v) is 2.76. The Bertz CT molecular complexity index is 462. The second-order valence-corrected chi connectivity index (χ2v) is 4.08. The van der Waals surface area contributed by atoms with E-state index in [4.69, 9.17) is 27.9 Å². The van der Waals surface area contributed by atoms with Gasteiger partial charge in [0.1, 0.15) is 11.8 Å². The highest BCUT2D eigenvalue weighted by Crippen LogP contribution is 2.17. The van der Waals surface area contributed by atoms with Gasteiger partial charge in [-0.15, -0.1) is 23.2 Å². The van der Waals surface area contributed by atoms with Crippen LogP contribution in [0.4, 0.5) is 0 Å². The molecule has 4 nitrogen and oxygen atoms in total. The van der Waals surface area contributed by atoms with Crippen LogP contribution in [0.2, 0.25) is 0 Å². The normalized spacial score (nSPS) is 9.79. The Morgan fingerprint density at radius 3 is 2.32 bits per heavy atom. The van der Waals surface area contributed by atoms with Crippen LogP contribution in [-0.4, -0.2) is 35.3 Å². The average Bonchev–Trinajstić information content (AvgIpc) is 2.47. The minimum atomic E-state index is -0.616. The van der Waals surface area contributed by atoms with E-state index < -0.39 is 11.9 Å². The first-order valence-corrected chi connectivity index (χ1v) is 6.49. The van der Waals surface area contributed by atoms with Gasteiger partial charge in [-0.2, -0.15) is 0 Å². The summed E-state index contributed by atoms with van der Waals surface area (Å²) in [6.07, 6.45) is 0. The monoisotopic (exact) mass is 301 g/mol. The van der Waals surface area contributed by atoms with Crippen molar-refractivity contribution in [2.24, 2.45) is 0 Å². The van der Waals surface area contributed by atoms with E-state index in [2.05, 4.69) is 6.58 Å². The summed E-state index contributed by atoms with van der Waals surface area (Å²) in [4.78, 5) is 24.0. The molecule has 0 atom stereocenters. The van der Waals surface area contributed by atoms with Gasteiger partial charge in [0.05, 0.1) is 0 Å². The zero-order valence-electron chi connectivity index (χ0n) is 10.1. The van der Waals surface area contributed by atoms with Gasteiger partial charge in [0.15, 0.2) is 6.73 Å². The summed E-state index contributed by atoms with van der Waals surface area (Å²) in [7, 11) is 0. The molecule has 0 saturated carbocycles. The number of benzene rings is 1. The standard InChI is InChI=1S/C13H13Cl2NO3/c1-10(11-5-3-2-4-6-11)16(12(17)7-14)9-19-13(18)8-15/h2-6H,1,7-9H2. The number of ether oxygens (including phenoxy) is 1. The fraction of sp³-hybridized carbons (Fsp3) is 0.231. The first-order chi connectivity index (χ1) is 9.10. The van der Waals surface area contributed by atoms with Crippen molar-refractivity contribution in [3.05, 3.63) is 42.5 Å².